The van der Waals surface area contributed by atoms with Crippen molar-refractivity contribution in [2.75, 3.05) is 7.11 Å². The van der Waals surface area contributed by atoms with Crippen molar-refractivity contribution in [3.63, 3.8) is 0 Å². The van der Waals surface area contributed by atoms with Gasteiger partial charge in [-0.25, -0.2) is 4.79 Å². The summed E-state index contributed by atoms with van der Waals surface area (Å²) < 4.78 is 15.5. The standard InChI is InChI=1S/C16H10Cl3NO4/c1-22-16(21)9(7-20)4-11-2-3-12(24-11)8-23-15-13(18)5-10(17)6-14(15)19/h2-6H,8H2,1H3/b9-4+. The number of methoxy groups -OCH3 is 1. The molecule has 2 aromatic rings. The van der Waals surface area contributed by atoms with E-state index in [1.807, 2.05) is 0 Å². The zero-order valence-electron chi connectivity index (χ0n) is 12.3. The summed E-state index contributed by atoms with van der Waals surface area (Å²) in [6.07, 6.45) is 1.28. The molecule has 0 aliphatic rings. The van der Waals surface area contributed by atoms with E-state index in [1.54, 1.807) is 18.2 Å². The second-order valence-electron chi connectivity index (χ2n) is 4.45. The van der Waals surface area contributed by atoms with Crippen LogP contribution in [0.1, 0.15) is 11.5 Å². The average molecular weight is 387 g/mol. The number of rotatable bonds is 5. The Morgan fingerprint density at radius 1 is 1.29 bits per heavy atom. The maximum atomic E-state index is 11.3. The highest BCUT2D eigenvalue weighted by molar-refractivity contribution is 6.40. The highest BCUT2D eigenvalue weighted by Crippen LogP contribution is 2.36. The van der Waals surface area contributed by atoms with Gasteiger partial charge in [-0.05, 0) is 24.3 Å². The molecule has 0 amide bonds. The van der Waals surface area contributed by atoms with Crippen LogP contribution in [0, 0.1) is 11.3 Å². The van der Waals surface area contributed by atoms with Crippen LogP contribution in [0.15, 0.2) is 34.3 Å². The molecule has 8 heteroatoms. The number of benzene rings is 1. The zero-order chi connectivity index (χ0) is 17.7. The Kier molecular flexibility index (Phi) is 6.16. The Balaban J connectivity index is 2.12. The molecule has 0 fully saturated rings. The first-order chi connectivity index (χ1) is 11.4. The summed E-state index contributed by atoms with van der Waals surface area (Å²) >= 11 is 17.9. The van der Waals surface area contributed by atoms with Crippen LogP contribution in [0.3, 0.4) is 0 Å². The monoisotopic (exact) mass is 385 g/mol. The van der Waals surface area contributed by atoms with E-state index in [0.29, 0.717) is 16.5 Å². The van der Waals surface area contributed by atoms with E-state index < -0.39 is 5.97 Å². The van der Waals surface area contributed by atoms with Crippen LogP contribution in [0.25, 0.3) is 6.08 Å². The van der Waals surface area contributed by atoms with Gasteiger partial charge in [-0.2, -0.15) is 5.26 Å². The third-order valence-electron chi connectivity index (χ3n) is 2.82. The molecule has 0 N–H and O–H groups in total. The van der Waals surface area contributed by atoms with Gasteiger partial charge in [0.15, 0.2) is 5.75 Å². The predicted molar refractivity (Wildman–Crippen MR) is 90.1 cm³/mol. The maximum Gasteiger partial charge on any atom is 0.348 e. The van der Waals surface area contributed by atoms with Gasteiger partial charge >= 0.3 is 5.97 Å². The molecule has 0 aliphatic heterocycles. The molecule has 0 spiro atoms. The van der Waals surface area contributed by atoms with E-state index in [2.05, 4.69) is 4.74 Å². The number of ether oxygens (including phenoxy) is 2. The first kappa shape index (κ1) is 18.2. The van der Waals surface area contributed by atoms with Crippen molar-refractivity contribution in [1.29, 1.82) is 5.26 Å². The molecule has 1 aromatic carbocycles. The van der Waals surface area contributed by atoms with E-state index in [9.17, 15) is 4.79 Å². The van der Waals surface area contributed by atoms with Crippen molar-refractivity contribution in [3.8, 4) is 11.8 Å². The summed E-state index contributed by atoms with van der Waals surface area (Å²) in [7, 11) is 1.19. The van der Waals surface area contributed by atoms with Gasteiger partial charge in [-0.1, -0.05) is 34.8 Å². The van der Waals surface area contributed by atoms with Crippen LogP contribution in [0.4, 0.5) is 0 Å². The number of halogens is 3. The zero-order valence-corrected chi connectivity index (χ0v) is 14.6. The normalized spacial score (nSPS) is 11.0. The van der Waals surface area contributed by atoms with Gasteiger partial charge in [0.2, 0.25) is 0 Å². The minimum absolute atomic E-state index is 0.0506. The molecule has 1 aromatic heterocycles. The Bertz CT molecular complexity index is 813. The summed E-state index contributed by atoms with van der Waals surface area (Å²) in [6, 6.07) is 7.98. The minimum Gasteiger partial charge on any atom is -0.483 e. The van der Waals surface area contributed by atoms with E-state index in [1.165, 1.54) is 25.3 Å². The molecule has 1 heterocycles. The third-order valence-corrected chi connectivity index (χ3v) is 3.60. The molecule has 2 rings (SSSR count). The SMILES string of the molecule is COC(=O)/C(C#N)=C/c1ccc(COc2c(Cl)cc(Cl)cc2Cl)o1. The molecule has 124 valence electrons. The Morgan fingerprint density at radius 2 is 1.96 bits per heavy atom. The molecule has 5 nitrogen and oxygen atoms in total. The van der Waals surface area contributed by atoms with Crippen molar-refractivity contribution in [2.45, 2.75) is 6.61 Å². The Labute approximate surface area is 152 Å². The van der Waals surface area contributed by atoms with Crippen molar-refractivity contribution >= 4 is 46.8 Å². The molecule has 24 heavy (non-hydrogen) atoms. The summed E-state index contributed by atoms with van der Waals surface area (Å²) in [4.78, 5) is 11.3. The van der Waals surface area contributed by atoms with Gasteiger partial charge in [0.1, 0.15) is 29.8 Å². The second-order valence-corrected chi connectivity index (χ2v) is 5.70. The topological polar surface area (TPSA) is 72.5 Å². The highest BCUT2D eigenvalue weighted by Gasteiger charge is 2.12. The molecule has 0 radical (unpaired) electrons. The Morgan fingerprint density at radius 3 is 2.54 bits per heavy atom. The lowest BCUT2D eigenvalue weighted by atomic mass is 10.2. The third kappa shape index (κ3) is 4.45. The number of esters is 1. The van der Waals surface area contributed by atoms with Crippen LogP contribution < -0.4 is 4.74 Å². The summed E-state index contributed by atoms with van der Waals surface area (Å²) in [5.41, 5.74) is -0.178. The van der Waals surface area contributed by atoms with Gasteiger partial charge in [-0.3, -0.25) is 0 Å². The molecule has 0 unspecified atom stereocenters. The van der Waals surface area contributed by atoms with Crippen molar-refractivity contribution in [1.82, 2.24) is 0 Å². The van der Waals surface area contributed by atoms with Crippen LogP contribution in [0.2, 0.25) is 15.1 Å². The van der Waals surface area contributed by atoms with Crippen molar-refractivity contribution < 1.29 is 18.7 Å². The van der Waals surface area contributed by atoms with Gasteiger partial charge in [-0.15, -0.1) is 0 Å². The second kappa shape index (κ2) is 8.11. The Hall–Kier alpha value is -2.13. The van der Waals surface area contributed by atoms with E-state index in [4.69, 9.17) is 49.2 Å². The largest absolute Gasteiger partial charge is 0.483 e. The van der Waals surface area contributed by atoms with Gasteiger partial charge in [0.25, 0.3) is 0 Å². The number of hydrogen-bond donors (Lipinski definition) is 0. The van der Waals surface area contributed by atoms with Crippen LogP contribution in [-0.2, 0) is 16.1 Å². The quantitative estimate of drug-likeness (QED) is 0.415. The first-order valence-corrected chi connectivity index (χ1v) is 7.64. The predicted octanol–water partition coefficient (Wildman–Crippen LogP) is 4.90. The number of carbonyl (C=O) groups excluding carboxylic acids is 1. The summed E-state index contributed by atoms with van der Waals surface area (Å²) in [5, 5.41) is 9.85. The van der Waals surface area contributed by atoms with Gasteiger partial charge in [0, 0.05) is 11.1 Å². The summed E-state index contributed by atoms with van der Waals surface area (Å²) in [6.45, 7) is 0.0506. The number of carbonyl (C=O) groups is 1. The van der Waals surface area contributed by atoms with E-state index >= 15 is 0 Å². The number of nitrogens with zero attached hydrogens (tertiary/aromatic N) is 1. The molecular weight excluding hydrogens is 377 g/mol. The smallest absolute Gasteiger partial charge is 0.348 e. The van der Waals surface area contributed by atoms with Gasteiger partial charge in [0.05, 0.1) is 17.2 Å². The van der Waals surface area contributed by atoms with E-state index in [-0.39, 0.29) is 28.0 Å². The van der Waals surface area contributed by atoms with Crippen LogP contribution in [-0.4, -0.2) is 13.1 Å². The van der Waals surface area contributed by atoms with Crippen LogP contribution in [0.5, 0.6) is 5.75 Å². The minimum atomic E-state index is -0.744. The molecule has 0 aliphatic carbocycles. The molecule has 0 atom stereocenters. The fraction of sp³-hybridized carbons (Fsp3) is 0.125. The van der Waals surface area contributed by atoms with Gasteiger partial charge < -0.3 is 13.9 Å². The lowest BCUT2D eigenvalue weighted by molar-refractivity contribution is -0.135. The van der Waals surface area contributed by atoms with Crippen molar-refractivity contribution in [2.24, 2.45) is 0 Å². The lowest BCUT2D eigenvalue weighted by Gasteiger charge is -2.08. The maximum absolute atomic E-state index is 11.3. The number of nitriles is 1. The lowest BCUT2D eigenvalue weighted by Crippen LogP contribution is -2.02. The fourth-order valence-corrected chi connectivity index (χ4v) is 2.67. The molecule has 0 bridgehead atoms. The highest BCUT2D eigenvalue weighted by atomic mass is 35.5. The first-order valence-electron chi connectivity index (χ1n) is 6.50. The molecule has 0 saturated carbocycles. The molecule has 0 saturated heterocycles. The number of furan rings is 1. The van der Waals surface area contributed by atoms with E-state index in [0.717, 1.165) is 0 Å². The van der Waals surface area contributed by atoms with Crippen LogP contribution >= 0.6 is 34.8 Å². The fourth-order valence-electron chi connectivity index (χ4n) is 1.75. The average Bonchev–Trinajstić information content (AvgIpc) is 2.98. The number of hydrogen-bond acceptors (Lipinski definition) is 5. The summed E-state index contributed by atoms with van der Waals surface area (Å²) in [5.74, 6) is 0.296. The molecular formula is C16H10Cl3NO4. The van der Waals surface area contributed by atoms with Crippen molar-refractivity contribution in [3.05, 3.63) is 56.4 Å².